The molecule has 1 saturated carbocycles. The van der Waals surface area contributed by atoms with Crippen molar-refractivity contribution in [2.45, 2.75) is 31.7 Å². The van der Waals surface area contributed by atoms with E-state index in [1.54, 1.807) is 29.2 Å². The number of hydrogen-bond acceptors (Lipinski definition) is 3. The predicted molar refractivity (Wildman–Crippen MR) is 93.9 cm³/mol. The molecular weight excluding hydrogens is 326 g/mol. The van der Waals surface area contributed by atoms with Crippen molar-refractivity contribution < 1.29 is 9.59 Å². The smallest absolute Gasteiger partial charge is 0.253 e. The molecule has 1 aromatic carbocycles. The summed E-state index contributed by atoms with van der Waals surface area (Å²) in [6, 6.07) is 7.09. The molecule has 130 valence electrons. The molecule has 1 heterocycles. The van der Waals surface area contributed by atoms with Gasteiger partial charge in [0.05, 0.1) is 0 Å². The van der Waals surface area contributed by atoms with Crippen molar-refractivity contribution in [3.63, 3.8) is 0 Å². The minimum Gasteiger partial charge on any atom is -0.339 e. The van der Waals surface area contributed by atoms with Crippen LogP contribution < -0.4 is 5.73 Å². The number of carbonyl (C=O) groups is 2. The Balaban J connectivity index is 1.50. The van der Waals surface area contributed by atoms with Crippen LogP contribution in [0.1, 0.15) is 36.0 Å². The second-order valence-electron chi connectivity index (χ2n) is 6.74. The van der Waals surface area contributed by atoms with Gasteiger partial charge in [-0.05, 0) is 43.0 Å². The van der Waals surface area contributed by atoms with Crippen molar-refractivity contribution in [3.8, 4) is 0 Å². The standard InChI is InChI=1S/C18H24ClN3O2/c19-15-6-4-13(5-7-15)18(24)22-10-8-21(9-11-22)17(23)12-14-2-1-3-16(14)20/h4-7,14,16H,1-3,8-12,20H2/t14-,16+/m0/s1. The highest BCUT2D eigenvalue weighted by molar-refractivity contribution is 6.30. The fourth-order valence-corrected chi connectivity index (χ4v) is 3.73. The molecule has 2 atom stereocenters. The van der Waals surface area contributed by atoms with Crippen LogP contribution in [-0.4, -0.2) is 53.8 Å². The topological polar surface area (TPSA) is 66.6 Å². The van der Waals surface area contributed by atoms with Gasteiger partial charge >= 0.3 is 0 Å². The third kappa shape index (κ3) is 3.90. The molecule has 2 amide bonds. The Morgan fingerprint density at radius 2 is 1.67 bits per heavy atom. The molecule has 0 bridgehead atoms. The second kappa shape index (κ2) is 7.53. The van der Waals surface area contributed by atoms with Crippen LogP contribution in [0.25, 0.3) is 0 Å². The average Bonchev–Trinajstić information content (AvgIpc) is 3.00. The SMILES string of the molecule is N[C@@H]1CCC[C@H]1CC(=O)N1CCN(C(=O)c2ccc(Cl)cc2)CC1. The van der Waals surface area contributed by atoms with Crippen molar-refractivity contribution in [2.75, 3.05) is 26.2 Å². The third-order valence-electron chi connectivity index (χ3n) is 5.17. The van der Waals surface area contributed by atoms with Crippen LogP contribution in [0.3, 0.4) is 0 Å². The van der Waals surface area contributed by atoms with Gasteiger partial charge in [-0.3, -0.25) is 9.59 Å². The Kier molecular flexibility index (Phi) is 5.41. The number of nitrogens with zero attached hydrogens (tertiary/aromatic N) is 2. The van der Waals surface area contributed by atoms with E-state index in [1.807, 2.05) is 4.90 Å². The summed E-state index contributed by atoms with van der Waals surface area (Å²) in [4.78, 5) is 28.6. The van der Waals surface area contributed by atoms with E-state index in [-0.39, 0.29) is 17.9 Å². The average molecular weight is 350 g/mol. The summed E-state index contributed by atoms with van der Waals surface area (Å²) in [6.07, 6.45) is 3.76. The first-order chi connectivity index (χ1) is 11.5. The molecule has 2 fully saturated rings. The third-order valence-corrected chi connectivity index (χ3v) is 5.42. The van der Waals surface area contributed by atoms with Crippen molar-refractivity contribution in [1.82, 2.24) is 9.80 Å². The number of amides is 2. The summed E-state index contributed by atoms with van der Waals surface area (Å²) in [5, 5.41) is 0.618. The first-order valence-corrected chi connectivity index (χ1v) is 9.00. The highest BCUT2D eigenvalue weighted by Crippen LogP contribution is 2.27. The first-order valence-electron chi connectivity index (χ1n) is 8.63. The largest absolute Gasteiger partial charge is 0.339 e. The van der Waals surface area contributed by atoms with Crippen molar-refractivity contribution in [2.24, 2.45) is 11.7 Å². The van der Waals surface area contributed by atoms with E-state index in [9.17, 15) is 9.59 Å². The molecule has 1 saturated heterocycles. The lowest BCUT2D eigenvalue weighted by molar-refractivity contribution is -0.133. The zero-order valence-electron chi connectivity index (χ0n) is 13.8. The predicted octanol–water partition coefficient (Wildman–Crippen LogP) is 2.14. The molecular formula is C18H24ClN3O2. The number of rotatable bonds is 3. The molecule has 1 aliphatic heterocycles. The maximum Gasteiger partial charge on any atom is 0.253 e. The van der Waals surface area contributed by atoms with Gasteiger partial charge in [-0.2, -0.15) is 0 Å². The van der Waals surface area contributed by atoms with Crippen LogP contribution in [0.4, 0.5) is 0 Å². The molecule has 2 N–H and O–H groups in total. The van der Waals surface area contributed by atoms with Crippen LogP contribution in [0, 0.1) is 5.92 Å². The van der Waals surface area contributed by atoms with Crippen molar-refractivity contribution in [1.29, 1.82) is 0 Å². The Bertz CT molecular complexity index is 597. The Hall–Kier alpha value is -1.59. The molecule has 6 heteroatoms. The van der Waals surface area contributed by atoms with Gasteiger partial charge in [0.2, 0.25) is 5.91 Å². The monoisotopic (exact) mass is 349 g/mol. The van der Waals surface area contributed by atoms with Crippen LogP contribution in [0.15, 0.2) is 24.3 Å². The van der Waals surface area contributed by atoms with Gasteiger partial charge in [-0.15, -0.1) is 0 Å². The number of nitrogens with two attached hydrogens (primary N) is 1. The molecule has 5 nitrogen and oxygen atoms in total. The summed E-state index contributed by atoms with van der Waals surface area (Å²) in [7, 11) is 0. The lowest BCUT2D eigenvalue weighted by atomic mass is 9.99. The van der Waals surface area contributed by atoms with Crippen LogP contribution in [0.5, 0.6) is 0 Å². The normalized spacial score (nSPS) is 24.2. The van der Waals surface area contributed by atoms with Crippen LogP contribution >= 0.6 is 11.6 Å². The van der Waals surface area contributed by atoms with E-state index in [1.165, 1.54) is 0 Å². The van der Waals surface area contributed by atoms with E-state index in [4.69, 9.17) is 17.3 Å². The van der Waals surface area contributed by atoms with E-state index in [2.05, 4.69) is 0 Å². The van der Waals surface area contributed by atoms with E-state index in [0.29, 0.717) is 49.1 Å². The first kappa shape index (κ1) is 17.2. The maximum absolute atomic E-state index is 12.5. The fraction of sp³-hybridized carbons (Fsp3) is 0.556. The molecule has 0 spiro atoms. The zero-order valence-corrected chi connectivity index (χ0v) is 14.5. The maximum atomic E-state index is 12.5. The van der Waals surface area contributed by atoms with Gasteiger partial charge < -0.3 is 15.5 Å². The molecule has 0 unspecified atom stereocenters. The number of halogens is 1. The lowest BCUT2D eigenvalue weighted by Gasteiger charge is -2.35. The Morgan fingerprint density at radius 1 is 1.04 bits per heavy atom. The molecule has 1 aliphatic carbocycles. The number of carbonyl (C=O) groups excluding carboxylic acids is 2. The zero-order chi connectivity index (χ0) is 17.1. The van der Waals surface area contributed by atoms with Gasteiger partial charge in [0.25, 0.3) is 5.91 Å². The summed E-state index contributed by atoms with van der Waals surface area (Å²) in [5.41, 5.74) is 6.70. The van der Waals surface area contributed by atoms with Crippen LogP contribution in [0.2, 0.25) is 5.02 Å². The summed E-state index contributed by atoms with van der Waals surface area (Å²) in [5.74, 6) is 0.499. The highest BCUT2D eigenvalue weighted by atomic mass is 35.5. The molecule has 24 heavy (non-hydrogen) atoms. The van der Waals surface area contributed by atoms with Gasteiger partial charge in [-0.1, -0.05) is 18.0 Å². The number of piperazine rings is 1. The number of benzene rings is 1. The minimum absolute atomic E-state index is 0.00317. The molecule has 2 aliphatic rings. The fourth-order valence-electron chi connectivity index (χ4n) is 3.61. The van der Waals surface area contributed by atoms with E-state index in [0.717, 1.165) is 19.3 Å². The minimum atomic E-state index is -0.00317. The Labute approximate surface area is 147 Å². The Morgan fingerprint density at radius 3 is 2.25 bits per heavy atom. The second-order valence-corrected chi connectivity index (χ2v) is 7.18. The quantitative estimate of drug-likeness (QED) is 0.909. The summed E-state index contributed by atoms with van der Waals surface area (Å²) >= 11 is 5.86. The lowest BCUT2D eigenvalue weighted by Crippen LogP contribution is -2.51. The van der Waals surface area contributed by atoms with E-state index < -0.39 is 0 Å². The van der Waals surface area contributed by atoms with Gasteiger partial charge in [0.15, 0.2) is 0 Å². The molecule has 1 aromatic rings. The molecule has 0 radical (unpaired) electrons. The van der Waals surface area contributed by atoms with Gasteiger partial charge in [-0.25, -0.2) is 0 Å². The summed E-state index contributed by atoms with van der Waals surface area (Å²) in [6.45, 7) is 2.34. The van der Waals surface area contributed by atoms with Crippen molar-refractivity contribution in [3.05, 3.63) is 34.9 Å². The highest BCUT2D eigenvalue weighted by Gasteiger charge is 2.30. The molecule has 0 aromatic heterocycles. The number of hydrogen-bond donors (Lipinski definition) is 1. The van der Waals surface area contributed by atoms with Gasteiger partial charge in [0, 0.05) is 49.2 Å². The van der Waals surface area contributed by atoms with E-state index >= 15 is 0 Å². The molecule has 3 rings (SSSR count). The van der Waals surface area contributed by atoms with Crippen molar-refractivity contribution >= 4 is 23.4 Å². The summed E-state index contributed by atoms with van der Waals surface area (Å²) < 4.78 is 0. The van der Waals surface area contributed by atoms with Crippen LogP contribution in [-0.2, 0) is 4.79 Å². The van der Waals surface area contributed by atoms with Gasteiger partial charge in [0.1, 0.15) is 0 Å².